The zero-order valence-corrected chi connectivity index (χ0v) is 28.8. The van der Waals surface area contributed by atoms with E-state index >= 15 is 0 Å². The highest BCUT2D eigenvalue weighted by molar-refractivity contribution is 5.94. The SMILES string of the molecule is C/C=C(\C=C1/CNc2ccccc21)c1ccccc1N(C)c1ccc(-c2nc(-c3ccccc3)cc(-c3cccc(-c4ccccc4)c3)n2)cc1. The Balaban J connectivity index is 1.13. The summed E-state index contributed by atoms with van der Waals surface area (Å²) in [6.45, 7) is 2.94. The Bertz CT molecular complexity index is 2380. The fourth-order valence-corrected chi connectivity index (χ4v) is 6.79. The van der Waals surface area contributed by atoms with Crippen molar-refractivity contribution in [2.75, 3.05) is 23.8 Å². The molecule has 2 heterocycles. The minimum absolute atomic E-state index is 0.694. The van der Waals surface area contributed by atoms with E-state index in [0.29, 0.717) is 5.82 Å². The molecule has 0 radical (unpaired) electrons. The van der Waals surface area contributed by atoms with E-state index in [1.54, 1.807) is 0 Å². The molecule has 4 nitrogen and oxygen atoms in total. The lowest BCUT2D eigenvalue weighted by atomic mass is 9.97. The summed E-state index contributed by atoms with van der Waals surface area (Å²) in [6, 6.07) is 57.2. The maximum absolute atomic E-state index is 5.14. The second kappa shape index (κ2) is 14.1. The number of benzene rings is 6. The first-order valence-electron chi connectivity index (χ1n) is 17.4. The highest BCUT2D eigenvalue weighted by Gasteiger charge is 2.18. The molecule has 0 spiro atoms. The lowest BCUT2D eigenvalue weighted by Gasteiger charge is -2.23. The lowest BCUT2D eigenvalue weighted by Crippen LogP contribution is -2.11. The molecule has 7 aromatic rings. The molecule has 246 valence electrons. The van der Waals surface area contributed by atoms with Crippen LogP contribution in [0.4, 0.5) is 17.1 Å². The Morgan fingerprint density at radius 3 is 1.98 bits per heavy atom. The predicted molar refractivity (Wildman–Crippen MR) is 215 cm³/mol. The highest BCUT2D eigenvalue weighted by atomic mass is 15.1. The molecule has 8 rings (SSSR count). The number of anilines is 3. The molecule has 0 saturated carbocycles. The van der Waals surface area contributed by atoms with Crippen LogP contribution in [-0.4, -0.2) is 23.6 Å². The number of allylic oxidation sites excluding steroid dienone is 3. The Hall–Kier alpha value is -6.52. The molecule has 51 heavy (non-hydrogen) atoms. The van der Waals surface area contributed by atoms with E-state index in [0.717, 1.165) is 51.6 Å². The molecule has 6 aromatic carbocycles. The van der Waals surface area contributed by atoms with E-state index in [1.165, 1.54) is 33.5 Å². The van der Waals surface area contributed by atoms with Crippen LogP contribution in [0.1, 0.15) is 18.1 Å². The Morgan fingerprint density at radius 1 is 0.588 bits per heavy atom. The Morgan fingerprint density at radius 2 is 1.22 bits per heavy atom. The molecule has 0 saturated heterocycles. The molecule has 0 atom stereocenters. The molecule has 1 aliphatic rings. The number of hydrogen-bond acceptors (Lipinski definition) is 4. The van der Waals surface area contributed by atoms with Crippen LogP contribution in [0.25, 0.3) is 56.2 Å². The monoisotopic (exact) mass is 658 g/mol. The average Bonchev–Trinajstić information content (AvgIpc) is 3.63. The standard InChI is InChI=1S/C47H38N4/c1-3-33(29-39-32-48-43-23-12-10-21-41(39)43)42-22-11-13-24-46(42)51(2)40-27-25-36(26-28-40)47-49-44(35-17-8-5-9-18-35)31-45(50-47)38-20-14-19-37(30-38)34-15-6-4-7-16-34/h3-31,48H,32H2,1-2H3/b33-3+,39-29+. The third-order valence-corrected chi connectivity index (χ3v) is 9.53. The van der Waals surface area contributed by atoms with Gasteiger partial charge in [0.2, 0.25) is 0 Å². The number of aromatic nitrogens is 2. The van der Waals surface area contributed by atoms with Crippen molar-refractivity contribution in [2.24, 2.45) is 0 Å². The van der Waals surface area contributed by atoms with Gasteiger partial charge in [-0.3, -0.25) is 0 Å². The second-order valence-corrected chi connectivity index (χ2v) is 12.7. The van der Waals surface area contributed by atoms with E-state index < -0.39 is 0 Å². The van der Waals surface area contributed by atoms with Gasteiger partial charge >= 0.3 is 0 Å². The number of para-hydroxylation sites is 2. The van der Waals surface area contributed by atoms with Crippen LogP contribution in [-0.2, 0) is 0 Å². The average molecular weight is 659 g/mol. The summed E-state index contributed by atoms with van der Waals surface area (Å²) in [5.74, 6) is 0.694. The maximum atomic E-state index is 5.14. The van der Waals surface area contributed by atoms with Gasteiger partial charge in [-0.15, -0.1) is 0 Å². The number of hydrogen-bond donors (Lipinski definition) is 1. The van der Waals surface area contributed by atoms with E-state index in [2.05, 4.69) is 188 Å². The minimum atomic E-state index is 0.694. The van der Waals surface area contributed by atoms with Crippen molar-refractivity contribution in [2.45, 2.75) is 6.92 Å². The van der Waals surface area contributed by atoms with Gasteiger partial charge in [-0.05, 0) is 83.8 Å². The number of nitrogens with zero attached hydrogens (tertiary/aromatic N) is 3. The van der Waals surface area contributed by atoms with Gasteiger partial charge in [0.05, 0.1) is 11.4 Å². The molecule has 0 aliphatic carbocycles. The summed E-state index contributed by atoms with van der Waals surface area (Å²) in [7, 11) is 2.13. The summed E-state index contributed by atoms with van der Waals surface area (Å²) in [5.41, 5.74) is 15.5. The first-order valence-corrected chi connectivity index (χ1v) is 17.4. The van der Waals surface area contributed by atoms with Crippen molar-refractivity contribution in [1.82, 2.24) is 9.97 Å². The molecule has 0 bridgehead atoms. The van der Waals surface area contributed by atoms with Crippen molar-refractivity contribution in [1.29, 1.82) is 0 Å². The second-order valence-electron chi connectivity index (χ2n) is 12.7. The van der Waals surface area contributed by atoms with E-state index in [4.69, 9.17) is 9.97 Å². The summed E-state index contributed by atoms with van der Waals surface area (Å²) in [4.78, 5) is 12.5. The van der Waals surface area contributed by atoms with Crippen molar-refractivity contribution in [3.63, 3.8) is 0 Å². The first-order chi connectivity index (χ1) is 25.1. The van der Waals surface area contributed by atoms with Gasteiger partial charge in [-0.25, -0.2) is 9.97 Å². The van der Waals surface area contributed by atoms with E-state index in [-0.39, 0.29) is 0 Å². The largest absolute Gasteiger partial charge is 0.380 e. The Kier molecular flexibility index (Phi) is 8.80. The van der Waals surface area contributed by atoms with Crippen LogP contribution in [0.3, 0.4) is 0 Å². The zero-order chi connectivity index (χ0) is 34.6. The summed E-state index contributed by atoms with van der Waals surface area (Å²) in [5, 5.41) is 3.53. The van der Waals surface area contributed by atoms with Crippen molar-refractivity contribution in [3.8, 4) is 45.0 Å². The van der Waals surface area contributed by atoms with Crippen LogP contribution >= 0.6 is 0 Å². The van der Waals surface area contributed by atoms with Gasteiger partial charge in [0.1, 0.15) is 0 Å². The Labute approximate surface area is 300 Å². The fourth-order valence-electron chi connectivity index (χ4n) is 6.79. The fraction of sp³-hybridized carbons (Fsp3) is 0.0638. The molecule has 0 fully saturated rings. The zero-order valence-electron chi connectivity index (χ0n) is 28.8. The van der Waals surface area contributed by atoms with Gasteiger partial charge in [0.25, 0.3) is 0 Å². The first kappa shape index (κ1) is 31.7. The predicted octanol–water partition coefficient (Wildman–Crippen LogP) is 11.8. The van der Waals surface area contributed by atoms with Gasteiger partial charge in [-0.1, -0.05) is 121 Å². The molecule has 1 aromatic heterocycles. The van der Waals surface area contributed by atoms with Gasteiger partial charge in [0, 0.05) is 58.5 Å². The molecule has 0 amide bonds. The normalized spacial score (nSPS) is 13.1. The van der Waals surface area contributed by atoms with Gasteiger partial charge in [-0.2, -0.15) is 0 Å². The lowest BCUT2D eigenvalue weighted by molar-refractivity contribution is 1.17. The van der Waals surface area contributed by atoms with Crippen LogP contribution in [0, 0.1) is 0 Å². The topological polar surface area (TPSA) is 41.0 Å². The molecular formula is C47H38N4. The maximum Gasteiger partial charge on any atom is 0.160 e. The highest BCUT2D eigenvalue weighted by Crippen LogP contribution is 2.37. The van der Waals surface area contributed by atoms with Crippen LogP contribution in [0.2, 0.25) is 0 Å². The van der Waals surface area contributed by atoms with Crippen LogP contribution < -0.4 is 10.2 Å². The van der Waals surface area contributed by atoms with Crippen molar-refractivity contribution >= 4 is 28.2 Å². The summed E-state index contributed by atoms with van der Waals surface area (Å²) >= 11 is 0. The van der Waals surface area contributed by atoms with Crippen LogP contribution in [0.5, 0.6) is 0 Å². The molecular weight excluding hydrogens is 621 g/mol. The number of nitrogens with one attached hydrogen (secondary N) is 1. The quantitative estimate of drug-likeness (QED) is 0.176. The van der Waals surface area contributed by atoms with Gasteiger partial charge in [0.15, 0.2) is 5.82 Å². The molecule has 1 N–H and O–H groups in total. The van der Waals surface area contributed by atoms with E-state index in [1.807, 2.05) is 12.1 Å². The summed E-state index contributed by atoms with van der Waals surface area (Å²) < 4.78 is 0. The van der Waals surface area contributed by atoms with Crippen molar-refractivity contribution in [3.05, 3.63) is 187 Å². The molecule has 1 aliphatic heterocycles. The number of fused-ring (bicyclic) bond motifs is 1. The number of rotatable bonds is 8. The smallest absolute Gasteiger partial charge is 0.160 e. The van der Waals surface area contributed by atoms with E-state index in [9.17, 15) is 0 Å². The van der Waals surface area contributed by atoms with Crippen LogP contribution in [0.15, 0.2) is 176 Å². The third-order valence-electron chi connectivity index (χ3n) is 9.53. The van der Waals surface area contributed by atoms with Gasteiger partial charge < -0.3 is 10.2 Å². The molecule has 4 heteroatoms. The minimum Gasteiger partial charge on any atom is -0.380 e. The van der Waals surface area contributed by atoms with Crippen molar-refractivity contribution < 1.29 is 0 Å². The molecule has 0 unspecified atom stereocenters. The summed E-state index contributed by atoms with van der Waals surface area (Å²) in [6.07, 6.45) is 4.52. The third kappa shape index (κ3) is 6.60.